The minimum Gasteiger partial charge on any atom is -0.348 e. The first-order valence-electron chi connectivity index (χ1n) is 5.88. The topological polar surface area (TPSA) is 42.0 Å². The Balaban J connectivity index is 1.90. The molecular formula is C14H12F2N2OS. The van der Waals surface area contributed by atoms with Gasteiger partial charge in [-0.25, -0.2) is 13.8 Å². The summed E-state index contributed by atoms with van der Waals surface area (Å²) in [6.45, 7) is 0.296. The maximum atomic E-state index is 11.9. The molecule has 1 amide bonds. The molecule has 1 aromatic heterocycles. The lowest BCUT2D eigenvalue weighted by atomic mass is 10.1. The molecule has 2 aromatic rings. The molecule has 0 atom stereocenters. The molecule has 0 fully saturated rings. The fourth-order valence-corrected chi connectivity index (χ4v) is 2.18. The van der Waals surface area contributed by atoms with Crippen LogP contribution in [0.1, 0.15) is 5.56 Å². The maximum Gasteiger partial charge on any atom is 0.257 e. The molecule has 0 unspecified atom stereocenters. The fraction of sp³-hybridized carbons (Fsp3) is 0.143. The number of amides is 1. The van der Waals surface area contributed by atoms with Crippen LogP contribution in [0.25, 0.3) is 10.6 Å². The van der Waals surface area contributed by atoms with Gasteiger partial charge in [0, 0.05) is 29.8 Å². The predicted octanol–water partition coefficient (Wildman–Crippen LogP) is 3.25. The summed E-state index contributed by atoms with van der Waals surface area (Å²) >= 11 is 1.55. The van der Waals surface area contributed by atoms with E-state index in [1.807, 2.05) is 29.6 Å². The number of alkyl halides is 2. The van der Waals surface area contributed by atoms with Crippen LogP contribution in [-0.4, -0.2) is 17.3 Å². The monoisotopic (exact) mass is 294 g/mol. The SMILES string of the molecule is O=C(/C=C/C(F)F)NCc1ccc(-c2nccs2)cc1. The van der Waals surface area contributed by atoms with E-state index in [9.17, 15) is 13.6 Å². The van der Waals surface area contributed by atoms with E-state index in [0.717, 1.165) is 22.2 Å². The fourth-order valence-electron chi connectivity index (χ4n) is 1.54. The molecule has 0 aliphatic carbocycles. The zero-order valence-electron chi connectivity index (χ0n) is 10.4. The highest BCUT2D eigenvalue weighted by molar-refractivity contribution is 7.13. The third-order valence-electron chi connectivity index (χ3n) is 2.49. The van der Waals surface area contributed by atoms with E-state index in [1.54, 1.807) is 17.5 Å². The molecule has 0 aliphatic heterocycles. The normalized spacial score (nSPS) is 11.2. The van der Waals surface area contributed by atoms with Gasteiger partial charge in [-0.3, -0.25) is 4.79 Å². The number of thiazole rings is 1. The van der Waals surface area contributed by atoms with Crippen molar-refractivity contribution >= 4 is 17.2 Å². The third kappa shape index (κ3) is 4.24. The number of nitrogens with zero attached hydrogens (tertiary/aromatic N) is 1. The van der Waals surface area contributed by atoms with Gasteiger partial charge in [0.1, 0.15) is 5.01 Å². The average Bonchev–Trinajstić information content (AvgIpc) is 2.97. The number of rotatable bonds is 5. The average molecular weight is 294 g/mol. The minimum absolute atomic E-state index is 0.296. The van der Waals surface area contributed by atoms with Gasteiger partial charge < -0.3 is 5.32 Å². The van der Waals surface area contributed by atoms with Gasteiger partial charge in [-0.15, -0.1) is 11.3 Å². The summed E-state index contributed by atoms with van der Waals surface area (Å²) in [5, 5.41) is 5.37. The molecule has 1 heterocycles. The molecule has 0 aliphatic rings. The van der Waals surface area contributed by atoms with Crippen molar-refractivity contribution in [2.45, 2.75) is 13.0 Å². The summed E-state index contributed by atoms with van der Waals surface area (Å²) in [4.78, 5) is 15.4. The predicted molar refractivity (Wildman–Crippen MR) is 74.5 cm³/mol. The van der Waals surface area contributed by atoms with Crippen LogP contribution in [0.2, 0.25) is 0 Å². The van der Waals surface area contributed by atoms with Gasteiger partial charge >= 0.3 is 0 Å². The smallest absolute Gasteiger partial charge is 0.257 e. The van der Waals surface area contributed by atoms with E-state index in [0.29, 0.717) is 12.6 Å². The van der Waals surface area contributed by atoms with E-state index in [2.05, 4.69) is 10.3 Å². The van der Waals surface area contributed by atoms with Crippen LogP contribution in [0.3, 0.4) is 0 Å². The molecule has 1 N–H and O–H groups in total. The lowest BCUT2D eigenvalue weighted by Crippen LogP contribution is -2.20. The maximum absolute atomic E-state index is 11.9. The lowest BCUT2D eigenvalue weighted by molar-refractivity contribution is -0.116. The van der Waals surface area contributed by atoms with Gasteiger partial charge in [0.2, 0.25) is 5.91 Å². The molecule has 0 saturated heterocycles. The second kappa shape index (κ2) is 6.91. The molecule has 6 heteroatoms. The molecule has 104 valence electrons. The van der Waals surface area contributed by atoms with Crippen LogP contribution < -0.4 is 5.32 Å². The Bertz CT molecular complexity index is 580. The van der Waals surface area contributed by atoms with Gasteiger partial charge in [-0.1, -0.05) is 24.3 Å². The first kappa shape index (κ1) is 14.3. The van der Waals surface area contributed by atoms with Crippen molar-refractivity contribution in [2.75, 3.05) is 0 Å². The Morgan fingerprint density at radius 1 is 1.35 bits per heavy atom. The molecular weight excluding hydrogens is 282 g/mol. The van der Waals surface area contributed by atoms with Crippen molar-refractivity contribution in [1.82, 2.24) is 10.3 Å². The molecule has 0 saturated carbocycles. The number of carbonyl (C=O) groups is 1. The van der Waals surface area contributed by atoms with Gasteiger partial charge in [0.25, 0.3) is 6.43 Å². The van der Waals surface area contributed by atoms with E-state index < -0.39 is 12.3 Å². The molecule has 3 nitrogen and oxygen atoms in total. The van der Waals surface area contributed by atoms with Crippen molar-refractivity contribution in [1.29, 1.82) is 0 Å². The number of nitrogens with one attached hydrogen (secondary N) is 1. The standard InChI is InChI=1S/C14H12F2N2OS/c15-12(16)5-6-13(19)18-9-10-1-3-11(4-2-10)14-17-7-8-20-14/h1-8,12H,9H2,(H,18,19)/b6-5+. The van der Waals surface area contributed by atoms with Crippen LogP contribution in [0, 0.1) is 0 Å². The largest absolute Gasteiger partial charge is 0.348 e. The Hall–Kier alpha value is -2.08. The van der Waals surface area contributed by atoms with Crippen molar-refractivity contribution in [3.8, 4) is 10.6 Å². The summed E-state index contributed by atoms with van der Waals surface area (Å²) in [5.41, 5.74) is 1.90. The lowest BCUT2D eigenvalue weighted by Gasteiger charge is -2.03. The van der Waals surface area contributed by atoms with E-state index in [4.69, 9.17) is 0 Å². The van der Waals surface area contributed by atoms with Crippen LogP contribution in [0.5, 0.6) is 0 Å². The first-order chi connectivity index (χ1) is 9.65. The molecule has 2 rings (SSSR count). The third-order valence-corrected chi connectivity index (χ3v) is 3.32. The minimum atomic E-state index is -2.61. The van der Waals surface area contributed by atoms with Crippen LogP contribution >= 0.6 is 11.3 Å². The number of benzene rings is 1. The molecule has 20 heavy (non-hydrogen) atoms. The van der Waals surface area contributed by atoms with Gasteiger partial charge in [0.05, 0.1) is 0 Å². The zero-order chi connectivity index (χ0) is 14.4. The molecule has 0 radical (unpaired) electrons. The second-order valence-electron chi connectivity index (χ2n) is 3.95. The zero-order valence-corrected chi connectivity index (χ0v) is 11.2. The van der Waals surface area contributed by atoms with Crippen molar-refractivity contribution in [3.63, 3.8) is 0 Å². The number of allylic oxidation sites excluding steroid dienone is 1. The molecule has 1 aromatic carbocycles. The number of carbonyl (C=O) groups excluding carboxylic acids is 1. The van der Waals surface area contributed by atoms with E-state index >= 15 is 0 Å². The van der Waals surface area contributed by atoms with Gasteiger partial charge in [-0.05, 0) is 11.6 Å². The Morgan fingerprint density at radius 2 is 2.10 bits per heavy atom. The number of aromatic nitrogens is 1. The van der Waals surface area contributed by atoms with Crippen molar-refractivity contribution in [3.05, 3.63) is 53.6 Å². The molecule has 0 spiro atoms. The summed E-state index contributed by atoms with van der Waals surface area (Å²) in [7, 11) is 0. The quantitative estimate of drug-likeness (QED) is 0.860. The van der Waals surface area contributed by atoms with Crippen LogP contribution in [0.4, 0.5) is 8.78 Å². The summed E-state index contributed by atoms with van der Waals surface area (Å²) < 4.78 is 23.7. The number of hydrogen-bond acceptors (Lipinski definition) is 3. The van der Waals surface area contributed by atoms with E-state index in [1.165, 1.54) is 0 Å². The first-order valence-corrected chi connectivity index (χ1v) is 6.76. The summed E-state index contributed by atoms with van der Waals surface area (Å²) in [5.74, 6) is -0.533. The molecule has 0 bridgehead atoms. The Labute approximate surface area is 119 Å². The van der Waals surface area contributed by atoms with Crippen LogP contribution in [-0.2, 0) is 11.3 Å². The number of halogens is 2. The highest BCUT2D eigenvalue weighted by Gasteiger charge is 2.02. The van der Waals surface area contributed by atoms with Crippen LogP contribution in [0.15, 0.2) is 48.0 Å². The second-order valence-corrected chi connectivity index (χ2v) is 4.84. The summed E-state index contributed by atoms with van der Waals surface area (Å²) in [6, 6.07) is 7.56. The van der Waals surface area contributed by atoms with E-state index in [-0.39, 0.29) is 0 Å². The van der Waals surface area contributed by atoms with Gasteiger partial charge in [0.15, 0.2) is 0 Å². The van der Waals surface area contributed by atoms with Crippen molar-refractivity contribution < 1.29 is 13.6 Å². The summed E-state index contributed by atoms with van der Waals surface area (Å²) in [6.07, 6.45) is 0.525. The highest BCUT2D eigenvalue weighted by atomic mass is 32.1. The number of hydrogen-bond donors (Lipinski definition) is 1. The van der Waals surface area contributed by atoms with Crippen molar-refractivity contribution in [2.24, 2.45) is 0 Å². The Kier molecular flexibility index (Phi) is 4.95. The Morgan fingerprint density at radius 3 is 2.70 bits per heavy atom. The van der Waals surface area contributed by atoms with Gasteiger partial charge in [-0.2, -0.15) is 0 Å². The highest BCUT2D eigenvalue weighted by Crippen LogP contribution is 2.21.